The Balaban J connectivity index is 0.00000162. The van der Waals surface area contributed by atoms with Crippen LogP contribution in [0.25, 0.3) is 0 Å². The molecule has 5 nitrogen and oxygen atoms in total. The van der Waals surface area contributed by atoms with Crippen molar-refractivity contribution in [2.75, 3.05) is 19.8 Å². The summed E-state index contributed by atoms with van der Waals surface area (Å²) in [4.78, 5) is 0. The highest BCUT2D eigenvalue weighted by Gasteiger charge is 2.34. The standard InChI is InChI=1S/C11H22N2O3S.ClH/c12-7-9-3-1-5-11(9)13-17(14,15)10-4-2-6-16-8-10;/h9-11,13H,1-8,12H2;1H. The Morgan fingerprint density at radius 2 is 2.00 bits per heavy atom. The van der Waals surface area contributed by atoms with Gasteiger partial charge in [-0.1, -0.05) is 6.42 Å². The van der Waals surface area contributed by atoms with Gasteiger partial charge in [-0.3, -0.25) is 0 Å². The van der Waals surface area contributed by atoms with E-state index in [0.717, 1.165) is 25.7 Å². The van der Waals surface area contributed by atoms with Crippen molar-refractivity contribution in [1.29, 1.82) is 0 Å². The summed E-state index contributed by atoms with van der Waals surface area (Å²) in [5, 5.41) is -0.379. The fourth-order valence-electron chi connectivity index (χ4n) is 2.74. The Bertz CT molecular complexity index is 344. The molecule has 1 saturated heterocycles. The van der Waals surface area contributed by atoms with Gasteiger partial charge in [0.05, 0.1) is 11.9 Å². The molecular formula is C11H23ClN2O3S. The predicted molar refractivity (Wildman–Crippen MR) is 73.3 cm³/mol. The van der Waals surface area contributed by atoms with E-state index in [9.17, 15) is 8.42 Å². The zero-order chi connectivity index (χ0) is 12.3. The summed E-state index contributed by atoms with van der Waals surface area (Å²) in [7, 11) is -3.24. The minimum absolute atomic E-state index is 0. The van der Waals surface area contributed by atoms with Crippen molar-refractivity contribution >= 4 is 22.4 Å². The van der Waals surface area contributed by atoms with Gasteiger partial charge >= 0.3 is 0 Å². The molecule has 0 amide bonds. The minimum Gasteiger partial charge on any atom is -0.380 e. The van der Waals surface area contributed by atoms with Crippen LogP contribution in [0.5, 0.6) is 0 Å². The van der Waals surface area contributed by atoms with E-state index in [-0.39, 0.29) is 23.7 Å². The van der Waals surface area contributed by atoms with E-state index < -0.39 is 10.0 Å². The molecule has 0 spiro atoms. The van der Waals surface area contributed by atoms with Gasteiger partial charge in [-0.25, -0.2) is 13.1 Å². The molecule has 0 radical (unpaired) electrons. The molecule has 2 aliphatic rings. The molecule has 1 aliphatic carbocycles. The lowest BCUT2D eigenvalue weighted by Gasteiger charge is -2.26. The fourth-order valence-corrected chi connectivity index (χ4v) is 4.41. The molecule has 108 valence electrons. The first-order chi connectivity index (χ1) is 8.13. The van der Waals surface area contributed by atoms with Crippen molar-refractivity contribution in [2.24, 2.45) is 11.7 Å². The summed E-state index contributed by atoms with van der Waals surface area (Å²) in [6.45, 7) is 1.57. The Kier molecular flexibility index (Phi) is 6.34. The van der Waals surface area contributed by atoms with E-state index >= 15 is 0 Å². The maximum Gasteiger partial charge on any atom is 0.217 e. The second-order valence-electron chi connectivity index (χ2n) is 5.04. The number of hydrogen-bond donors (Lipinski definition) is 2. The molecule has 1 saturated carbocycles. The molecule has 1 heterocycles. The van der Waals surface area contributed by atoms with Crippen molar-refractivity contribution < 1.29 is 13.2 Å². The number of halogens is 1. The second kappa shape index (κ2) is 7.05. The van der Waals surface area contributed by atoms with Gasteiger partial charge in [-0.15, -0.1) is 12.4 Å². The SMILES string of the molecule is Cl.NCC1CCCC1NS(=O)(=O)C1CCCOC1. The van der Waals surface area contributed by atoms with Crippen LogP contribution in [-0.4, -0.2) is 39.5 Å². The summed E-state index contributed by atoms with van der Waals surface area (Å²) in [6, 6.07) is 0.0342. The molecular weight excluding hydrogens is 276 g/mol. The molecule has 3 N–H and O–H groups in total. The number of rotatable bonds is 4. The minimum atomic E-state index is -3.24. The zero-order valence-corrected chi connectivity index (χ0v) is 12.1. The zero-order valence-electron chi connectivity index (χ0n) is 10.5. The Hall–Kier alpha value is 0.120. The number of hydrogen-bond acceptors (Lipinski definition) is 4. The van der Waals surface area contributed by atoms with Gasteiger partial charge in [0, 0.05) is 12.6 Å². The van der Waals surface area contributed by atoms with Crippen molar-refractivity contribution in [3.63, 3.8) is 0 Å². The summed E-state index contributed by atoms with van der Waals surface area (Å²) in [5.74, 6) is 0.300. The van der Waals surface area contributed by atoms with Gasteiger partial charge in [-0.05, 0) is 38.1 Å². The van der Waals surface area contributed by atoms with E-state index in [0.29, 0.717) is 32.1 Å². The molecule has 7 heteroatoms. The molecule has 1 aliphatic heterocycles. The largest absolute Gasteiger partial charge is 0.380 e. The molecule has 0 aromatic rings. The fraction of sp³-hybridized carbons (Fsp3) is 1.00. The van der Waals surface area contributed by atoms with Crippen LogP contribution < -0.4 is 10.5 Å². The summed E-state index contributed by atoms with van der Waals surface area (Å²) >= 11 is 0. The van der Waals surface area contributed by atoms with E-state index in [1.807, 2.05) is 0 Å². The number of nitrogens with two attached hydrogens (primary N) is 1. The third-order valence-electron chi connectivity index (χ3n) is 3.83. The lowest BCUT2D eigenvalue weighted by molar-refractivity contribution is 0.0986. The molecule has 2 rings (SSSR count). The first kappa shape index (κ1) is 16.2. The quantitative estimate of drug-likeness (QED) is 0.798. The van der Waals surface area contributed by atoms with Gasteiger partial charge in [0.2, 0.25) is 10.0 Å². The van der Waals surface area contributed by atoms with E-state index in [1.54, 1.807) is 0 Å². The summed E-state index contributed by atoms with van der Waals surface area (Å²) < 4.78 is 32.4. The summed E-state index contributed by atoms with van der Waals surface area (Å²) in [6.07, 6.45) is 4.54. The lowest BCUT2D eigenvalue weighted by atomic mass is 10.1. The van der Waals surface area contributed by atoms with Gasteiger partial charge in [0.15, 0.2) is 0 Å². The van der Waals surface area contributed by atoms with Crippen LogP contribution in [0.3, 0.4) is 0 Å². The van der Waals surface area contributed by atoms with Crippen LogP contribution in [0.15, 0.2) is 0 Å². The Morgan fingerprint density at radius 3 is 2.61 bits per heavy atom. The molecule has 0 aromatic carbocycles. The monoisotopic (exact) mass is 298 g/mol. The molecule has 18 heavy (non-hydrogen) atoms. The smallest absolute Gasteiger partial charge is 0.217 e. The number of sulfonamides is 1. The molecule has 0 aromatic heterocycles. The number of ether oxygens (including phenoxy) is 1. The Morgan fingerprint density at radius 1 is 1.22 bits per heavy atom. The van der Waals surface area contributed by atoms with Gasteiger partial charge < -0.3 is 10.5 Å². The summed E-state index contributed by atoms with van der Waals surface area (Å²) in [5.41, 5.74) is 5.66. The topological polar surface area (TPSA) is 81.4 Å². The Labute approximate surface area is 115 Å². The van der Waals surface area contributed by atoms with E-state index in [1.165, 1.54) is 0 Å². The average Bonchev–Trinajstić information content (AvgIpc) is 2.77. The van der Waals surface area contributed by atoms with Crippen molar-refractivity contribution in [2.45, 2.75) is 43.4 Å². The van der Waals surface area contributed by atoms with Crippen LogP contribution in [0.2, 0.25) is 0 Å². The molecule has 0 bridgehead atoms. The van der Waals surface area contributed by atoms with E-state index in [2.05, 4.69) is 4.72 Å². The highest BCUT2D eigenvalue weighted by Crippen LogP contribution is 2.26. The lowest BCUT2D eigenvalue weighted by Crippen LogP contribution is -2.46. The molecule has 3 atom stereocenters. The first-order valence-corrected chi connectivity index (χ1v) is 7.97. The first-order valence-electron chi connectivity index (χ1n) is 6.42. The van der Waals surface area contributed by atoms with Crippen LogP contribution in [0.4, 0.5) is 0 Å². The second-order valence-corrected chi connectivity index (χ2v) is 7.03. The van der Waals surface area contributed by atoms with Gasteiger partial charge in [0.1, 0.15) is 0 Å². The van der Waals surface area contributed by atoms with Gasteiger partial charge in [-0.2, -0.15) is 0 Å². The van der Waals surface area contributed by atoms with Crippen LogP contribution in [0, 0.1) is 5.92 Å². The highest BCUT2D eigenvalue weighted by molar-refractivity contribution is 7.90. The number of nitrogens with one attached hydrogen (secondary N) is 1. The predicted octanol–water partition coefficient (Wildman–Crippen LogP) is 0.634. The van der Waals surface area contributed by atoms with Crippen LogP contribution >= 0.6 is 12.4 Å². The van der Waals surface area contributed by atoms with Crippen LogP contribution in [0.1, 0.15) is 32.1 Å². The maximum atomic E-state index is 12.2. The normalized spacial score (nSPS) is 33.1. The van der Waals surface area contributed by atoms with Crippen LogP contribution in [-0.2, 0) is 14.8 Å². The van der Waals surface area contributed by atoms with Crippen molar-refractivity contribution in [1.82, 2.24) is 4.72 Å². The maximum absolute atomic E-state index is 12.2. The van der Waals surface area contributed by atoms with Gasteiger partial charge in [0.25, 0.3) is 0 Å². The van der Waals surface area contributed by atoms with Crippen molar-refractivity contribution in [3.05, 3.63) is 0 Å². The van der Waals surface area contributed by atoms with E-state index in [4.69, 9.17) is 10.5 Å². The van der Waals surface area contributed by atoms with Crippen molar-refractivity contribution in [3.8, 4) is 0 Å². The third-order valence-corrected chi connectivity index (χ3v) is 5.72. The molecule has 3 unspecified atom stereocenters. The third kappa shape index (κ3) is 3.81. The average molecular weight is 299 g/mol. The highest BCUT2D eigenvalue weighted by atomic mass is 35.5. The molecule has 2 fully saturated rings.